The molecule has 0 spiro atoms. The van der Waals surface area contributed by atoms with E-state index in [0.717, 1.165) is 32.2 Å². The van der Waals surface area contributed by atoms with Gasteiger partial charge < -0.3 is 16.2 Å². The number of anilines is 1. The average Bonchev–Trinajstić information content (AvgIpc) is 3.05. The fourth-order valence-electron chi connectivity index (χ4n) is 2.71. The van der Waals surface area contributed by atoms with Gasteiger partial charge in [0.15, 0.2) is 0 Å². The van der Waals surface area contributed by atoms with E-state index in [2.05, 4.69) is 10.2 Å². The maximum atomic E-state index is 12.1. The lowest BCUT2D eigenvalue weighted by atomic mass is 10.1. The molecule has 0 aliphatic carbocycles. The van der Waals surface area contributed by atoms with Crippen LogP contribution >= 0.6 is 11.3 Å². The zero-order chi connectivity index (χ0) is 15.2. The van der Waals surface area contributed by atoms with Gasteiger partial charge in [0.2, 0.25) is 5.91 Å². The number of carbonyl (C=O) groups is 2. The number of rotatable bonds is 7. The third-order valence-corrected chi connectivity index (χ3v) is 4.55. The predicted molar refractivity (Wildman–Crippen MR) is 82.4 cm³/mol. The molecule has 1 atom stereocenters. The second kappa shape index (κ2) is 7.53. The molecule has 0 radical (unpaired) electrons. The van der Waals surface area contributed by atoms with Gasteiger partial charge in [0, 0.05) is 12.6 Å². The standard InChI is InChI=1S/C14H21N3O3S/c15-13(20)11-5-8-21-14(11)16-12(19)9-17-6-1-3-10(17)4-2-7-18/h5,8,10,18H,1-4,6-7,9H2,(H2,15,20)(H,16,19). The van der Waals surface area contributed by atoms with Crippen molar-refractivity contribution in [2.24, 2.45) is 5.73 Å². The van der Waals surface area contributed by atoms with E-state index in [4.69, 9.17) is 10.8 Å². The van der Waals surface area contributed by atoms with E-state index in [-0.39, 0.29) is 12.5 Å². The Morgan fingerprint density at radius 2 is 2.33 bits per heavy atom. The lowest BCUT2D eigenvalue weighted by Crippen LogP contribution is -2.37. The molecular weight excluding hydrogens is 290 g/mol. The van der Waals surface area contributed by atoms with Crippen LogP contribution in [0, 0.1) is 0 Å². The van der Waals surface area contributed by atoms with Gasteiger partial charge in [0.1, 0.15) is 5.00 Å². The molecule has 0 bridgehead atoms. The number of carbonyl (C=O) groups excluding carboxylic acids is 2. The number of primary amides is 1. The van der Waals surface area contributed by atoms with Crippen molar-refractivity contribution in [2.75, 3.05) is 25.0 Å². The van der Waals surface area contributed by atoms with Crippen LogP contribution in [0.15, 0.2) is 11.4 Å². The molecule has 1 unspecified atom stereocenters. The van der Waals surface area contributed by atoms with Crippen LogP contribution in [-0.4, -0.2) is 47.6 Å². The minimum Gasteiger partial charge on any atom is -0.396 e. The molecule has 0 aromatic carbocycles. The molecule has 7 heteroatoms. The van der Waals surface area contributed by atoms with E-state index in [0.29, 0.717) is 23.2 Å². The number of thiophene rings is 1. The summed E-state index contributed by atoms with van der Waals surface area (Å²) in [6.45, 7) is 1.40. The summed E-state index contributed by atoms with van der Waals surface area (Å²) in [6.07, 6.45) is 3.82. The van der Waals surface area contributed by atoms with Crippen LogP contribution in [0.4, 0.5) is 5.00 Å². The zero-order valence-corrected chi connectivity index (χ0v) is 12.7. The Morgan fingerprint density at radius 3 is 3.05 bits per heavy atom. The molecule has 2 rings (SSSR count). The molecule has 1 aliphatic heterocycles. The normalized spacial score (nSPS) is 18.8. The van der Waals surface area contributed by atoms with Gasteiger partial charge in [-0.1, -0.05) is 0 Å². The van der Waals surface area contributed by atoms with E-state index >= 15 is 0 Å². The highest BCUT2D eigenvalue weighted by molar-refractivity contribution is 7.14. The molecule has 21 heavy (non-hydrogen) atoms. The summed E-state index contributed by atoms with van der Waals surface area (Å²) in [5.74, 6) is -0.663. The van der Waals surface area contributed by atoms with Crippen molar-refractivity contribution in [3.8, 4) is 0 Å². The van der Waals surface area contributed by atoms with Crippen molar-refractivity contribution in [1.82, 2.24) is 4.90 Å². The van der Waals surface area contributed by atoms with Crippen molar-refractivity contribution in [3.63, 3.8) is 0 Å². The van der Waals surface area contributed by atoms with Crippen LogP contribution in [-0.2, 0) is 4.79 Å². The quantitative estimate of drug-likeness (QED) is 0.700. The molecule has 1 aliphatic rings. The van der Waals surface area contributed by atoms with Crippen molar-refractivity contribution >= 4 is 28.2 Å². The fourth-order valence-corrected chi connectivity index (χ4v) is 3.52. The number of likely N-dealkylation sites (tertiary alicyclic amines) is 1. The largest absolute Gasteiger partial charge is 0.396 e. The highest BCUT2D eigenvalue weighted by atomic mass is 32.1. The first-order valence-electron chi connectivity index (χ1n) is 7.14. The van der Waals surface area contributed by atoms with E-state index in [9.17, 15) is 9.59 Å². The third kappa shape index (κ3) is 4.26. The van der Waals surface area contributed by atoms with Crippen LogP contribution in [0.5, 0.6) is 0 Å². The zero-order valence-electron chi connectivity index (χ0n) is 11.9. The Balaban J connectivity index is 1.89. The second-order valence-electron chi connectivity index (χ2n) is 5.21. The van der Waals surface area contributed by atoms with Gasteiger partial charge in [-0.15, -0.1) is 11.3 Å². The van der Waals surface area contributed by atoms with E-state index in [1.54, 1.807) is 11.4 Å². The smallest absolute Gasteiger partial charge is 0.251 e. The number of hydrogen-bond donors (Lipinski definition) is 3. The summed E-state index contributed by atoms with van der Waals surface area (Å²) in [4.78, 5) is 25.5. The number of nitrogens with zero attached hydrogens (tertiary/aromatic N) is 1. The SMILES string of the molecule is NC(=O)c1ccsc1NC(=O)CN1CCCC1CCCO. The maximum Gasteiger partial charge on any atom is 0.251 e. The Kier molecular flexibility index (Phi) is 5.72. The highest BCUT2D eigenvalue weighted by Crippen LogP contribution is 2.24. The van der Waals surface area contributed by atoms with E-state index in [1.807, 2.05) is 0 Å². The summed E-state index contributed by atoms with van der Waals surface area (Å²) in [5.41, 5.74) is 5.61. The van der Waals surface area contributed by atoms with Crippen molar-refractivity contribution in [2.45, 2.75) is 31.7 Å². The van der Waals surface area contributed by atoms with Crippen LogP contribution in [0.3, 0.4) is 0 Å². The molecule has 116 valence electrons. The lowest BCUT2D eigenvalue weighted by Gasteiger charge is -2.23. The Morgan fingerprint density at radius 1 is 1.52 bits per heavy atom. The van der Waals surface area contributed by atoms with Gasteiger partial charge in [-0.2, -0.15) is 0 Å². The summed E-state index contributed by atoms with van der Waals surface area (Å²) >= 11 is 1.29. The molecule has 1 fully saturated rings. The number of amides is 2. The van der Waals surface area contributed by atoms with Gasteiger partial charge in [-0.05, 0) is 43.7 Å². The van der Waals surface area contributed by atoms with Gasteiger partial charge in [0.05, 0.1) is 12.1 Å². The van der Waals surface area contributed by atoms with E-state index in [1.165, 1.54) is 11.3 Å². The molecule has 4 N–H and O–H groups in total. The minimum absolute atomic E-state index is 0.129. The topological polar surface area (TPSA) is 95.7 Å². The molecule has 0 saturated carbocycles. The molecular formula is C14H21N3O3S. The van der Waals surface area contributed by atoms with Crippen molar-refractivity contribution < 1.29 is 14.7 Å². The Labute approximate surface area is 127 Å². The summed E-state index contributed by atoms with van der Waals surface area (Å²) < 4.78 is 0. The number of aliphatic hydroxyl groups excluding tert-OH is 1. The second-order valence-corrected chi connectivity index (χ2v) is 6.12. The van der Waals surface area contributed by atoms with Crippen LogP contribution in [0.25, 0.3) is 0 Å². The summed E-state index contributed by atoms with van der Waals surface area (Å²) in [6, 6.07) is 1.98. The predicted octanol–water partition coefficient (Wildman–Crippen LogP) is 1.02. The minimum atomic E-state index is -0.534. The monoisotopic (exact) mass is 311 g/mol. The Hall–Kier alpha value is -1.44. The first kappa shape index (κ1) is 15.9. The van der Waals surface area contributed by atoms with Gasteiger partial charge >= 0.3 is 0 Å². The number of nitrogens with two attached hydrogens (primary N) is 1. The van der Waals surface area contributed by atoms with Crippen LogP contribution in [0.2, 0.25) is 0 Å². The fraction of sp³-hybridized carbons (Fsp3) is 0.571. The Bertz CT molecular complexity index is 503. The van der Waals surface area contributed by atoms with Crippen LogP contribution in [0.1, 0.15) is 36.0 Å². The number of hydrogen-bond acceptors (Lipinski definition) is 5. The lowest BCUT2D eigenvalue weighted by molar-refractivity contribution is -0.117. The molecule has 2 heterocycles. The van der Waals surface area contributed by atoms with Crippen molar-refractivity contribution in [3.05, 3.63) is 17.0 Å². The van der Waals surface area contributed by atoms with Gasteiger partial charge in [-0.25, -0.2) is 0 Å². The first-order chi connectivity index (χ1) is 10.1. The van der Waals surface area contributed by atoms with Gasteiger partial charge in [-0.3, -0.25) is 14.5 Å². The van der Waals surface area contributed by atoms with Crippen LogP contribution < -0.4 is 11.1 Å². The molecule has 2 amide bonds. The summed E-state index contributed by atoms with van der Waals surface area (Å²) in [7, 11) is 0. The number of nitrogens with one attached hydrogen (secondary N) is 1. The molecule has 1 saturated heterocycles. The van der Waals surface area contributed by atoms with Gasteiger partial charge in [0.25, 0.3) is 5.91 Å². The molecule has 1 aromatic heterocycles. The number of aliphatic hydroxyl groups is 1. The maximum absolute atomic E-state index is 12.1. The first-order valence-corrected chi connectivity index (χ1v) is 8.02. The van der Waals surface area contributed by atoms with Crippen molar-refractivity contribution in [1.29, 1.82) is 0 Å². The summed E-state index contributed by atoms with van der Waals surface area (Å²) in [5, 5.41) is 13.9. The molecule has 6 nitrogen and oxygen atoms in total. The molecule has 1 aromatic rings. The average molecular weight is 311 g/mol. The van der Waals surface area contributed by atoms with E-state index < -0.39 is 5.91 Å². The highest BCUT2D eigenvalue weighted by Gasteiger charge is 2.26. The third-order valence-electron chi connectivity index (χ3n) is 3.72.